The van der Waals surface area contributed by atoms with Gasteiger partial charge in [-0.3, -0.25) is 14.4 Å². The Morgan fingerprint density at radius 2 is 1.94 bits per heavy atom. The molecule has 2 aromatic carbocycles. The monoisotopic (exact) mass is 444 g/mol. The molecule has 0 aliphatic carbocycles. The molecule has 1 N–H and O–H groups in total. The third kappa shape index (κ3) is 3.28. The fourth-order valence-electron chi connectivity index (χ4n) is 4.49. The lowest BCUT2D eigenvalue weighted by Gasteiger charge is -2.41. The van der Waals surface area contributed by atoms with Crippen LogP contribution in [-0.2, 0) is 6.54 Å². The fourth-order valence-corrected chi connectivity index (χ4v) is 4.49. The van der Waals surface area contributed by atoms with Gasteiger partial charge in [0.25, 0.3) is 0 Å². The van der Waals surface area contributed by atoms with Gasteiger partial charge in [0, 0.05) is 0 Å². The summed E-state index contributed by atoms with van der Waals surface area (Å²) in [6.07, 6.45) is 1.50. The van der Waals surface area contributed by atoms with Crippen molar-refractivity contribution in [3.8, 4) is 11.5 Å². The van der Waals surface area contributed by atoms with E-state index in [9.17, 15) is 0 Å². The van der Waals surface area contributed by atoms with E-state index in [1.165, 1.54) is 0 Å². The number of guanidine groups is 1. The third-order valence-corrected chi connectivity index (χ3v) is 6.04. The van der Waals surface area contributed by atoms with E-state index in [0.717, 1.165) is 34.3 Å². The highest BCUT2D eigenvalue weighted by atomic mass is 16.5. The Balaban J connectivity index is 1.44. The minimum atomic E-state index is -0.196. The summed E-state index contributed by atoms with van der Waals surface area (Å²) >= 11 is 0. The molecule has 2 aliphatic rings. The molecular formula is C24H24N6O3. The summed E-state index contributed by atoms with van der Waals surface area (Å²) in [7, 11) is 3.29. The van der Waals surface area contributed by atoms with Crippen LogP contribution >= 0.6 is 0 Å². The maximum absolute atomic E-state index is 5.56. The first-order valence-electron chi connectivity index (χ1n) is 10.8. The highest BCUT2D eigenvalue weighted by Gasteiger charge is 2.36. The molecule has 0 fully saturated rings. The van der Waals surface area contributed by atoms with Crippen molar-refractivity contribution >= 4 is 22.9 Å². The Bertz CT molecular complexity index is 1330. The first-order valence-corrected chi connectivity index (χ1v) is 10.8. The van der Waals surface area contributed by atoms with Crippen molar-refractivity contribution in [2.75, 3.05) is 32.5 Å². The average molecular weight is 444 g/mol. The summed E-state index contributed by atoms with van der Waals surface area (Å²) in [6, 6.07) is 18.0. The fraction of sp³-hybridized carbons (Fsp3) is 0.250. The van der Waals surface area contributed by atoms with Crippen molar-refractivity contribution in [1.29, 1.82) is 0 Å². The van der Waals surface area contributed by atoms with Crippen molar-refractivity contribution < 1.29 is 13.9 Å². The zero-order valence-corrected chi connectivity index (χ0v) is 18.4. The van der Waals surface area contributed by atoms with Crippen LogP contribution in [-0.4, -0.2) is 48.0 Å². The molecule has 0 unspecified atom stereocenters. The van der Waals surface area contributed by atoms with E-state index in [1.807, 2.05) is 48.5 Å². The Hall–Kier alpha value is -3.98. The number of hydrogen-bond donors (Lipinski definition) is 1. The van der Waals surface area contributed by atoms with Crippen LogP contribution in [0.3, 0.4) is 0 Å². The first kappa shape index (κ1) is 19.7. The highest BCUT2D eigenvalue weighted by Crippen LogP contribution is 2.37. The van der Waals surface area contributed by atoms with E-state index >= 15 is 0 Å². The summed E-state index contributed by atoms with van der Waals surface area (Å²) in [5.41, 5.74) is 3.00. The molecule has 4 aromatic rings. The number of rotatable bonds is 5. The minimum Gasteiger partial charge on any atom is -0.493 e. The summed E-state index contributed by atoms with van der Waals surface area (Å²) in [5, 5.41) is 3.63. The molecule has 168 valence electrons. The average Bonchev–Trinajstić information content (AvgIpc) is 3.51. The molecule has 0 radical (unpaired) electrons. The Kier molecular flexibility index (Phi) is 4.69. The van der Waals surface area contributed by atoms with Crippen molar-refractivity contribution in [3.63, 3.8) is 0 Å². The molecule has 1 atom stereocenters. The summed E-state index contributed by atoms with van der Waals surface area (Å²) in [5.74, 6) is 3.93. The first-order chi connectivity index (χ1) is 16.2. The Morgan fingerprint density at radius 3 is 2.76 bits per heavy atom. The SMILES string of the molecule is COc1ccc([C@H]2NC3=NCN(Cc4ccco4)CN3c3nc4ccccc4n32)cc1OC. The number of nitrogens with one attached hydrogen (secondary N) is 1. The van der Waals surface area contributed by atoms with E-state index in [4.69, 9.17) is 23.9 Å². The van der Waals surface area contributed by atoms with Crippen LogP contribution in [0.1, 0.15) is 17.5 Å². The van der Waals surface area contributed by atoms with Crippen molar-refractivity contribution in [3.05, 3.63) is 72.2 Å². The number of imidazole rings is 1. The lowest BCUT2D eigenvalue weighted by atomic mass is 10.1. The van der Waals surface area contributed by atoms with Crippen LogP contribution in [0, 0.1) is 0 Å². The van der Waals surface area contributed by atoms with Crippen LogP contribution in [0.25, 0.3) is 11.0 Å². The molecule has 4 heterocycles. The number of methoxy groups -OCH3 is 2. The van der Waals surface area contributed by atoms with E-state index in [1.54, 1.807) is 20.5 Å². The van der Waals surface area contributed by atoms with Gasteiger partial charge in [-0.05, 0) is 42.0 Å². The quantitative estimate of drug-likeness (QED) is 0.505. The van der Waals surface area contributed by atoms with E-state index in [2.05, 4.69) is 25.8 Å². The maximum Gasteiger partial charge on any atom is 0.216 e. The highest BCUT2D eigenvalue weighted by molar-refractivity contribution is 5.98. The molecule has 0 spiro atoms. The van der Waals surface area contributed by atoms with Gasteiger partial charge >= 0.3 is 0 Å². The largest absolute Gasteiger partial charge is 0.493 e. The summed E-state index contributed by atoms with van der Waals surface area (Å²) < 4.78 is 18.7. The van der Waals surface area contributed by atoms with Gasteiger partial charge in [0.1, 0.15) is 11.9 Å². The molecular weight excluding hydrogens is 420 g/mol. The number of furan rings is 1. The van der Waals surface area contributed by atoms with Crippen LogP contribution in [0.2, 0.25) is 0 Å². The number of para-hydroxylation sites is 2. The molecule has 33 heavy (non-hydrogen) atoms. The van der Waals surface area contributed by atoms with Crippen LogP contribution in [0.4, 0.5) is 5.95 Å². The zero-order valence-electron chi connectivity index (χ0n) is 18.4. The van der Waals surface area contributed by atoms with Gasteiger partial charge in [0.15, 0.2) is 11.5 Å². The third-order valence-electron chi connectivity index (χ3n) is 6.04. The lowest BCUT2D eigenvalue weighted by Crippen LogP contribution is -2.57. The Morgan fingerprint density at radius 1 is 1.06 bits per heavy atom. The summed E-state index contributed by atoms with van der Waals surface area (Å²) in [4.78, 5) is 14.2. The second-order valence-corrected chi connectivity index (χ2v) is 8.03. The predicted octanol–water partition coefficient (Wildman–Crippen LogP) is 3.39. The van der Waals surface area contributed by atoms with E-state index in [0.29, 0.717) is 31.4 Å². The topological polar surface area (TPSA) is 80.3 Å². The number of ether oxygens (including phenoxy) is 2. The lowest BCUT2D eigenvalue weighted by molar-refractivity contribution is 0.243. The molecule has 9 heteroatoms. The van der Waals surface area contributed by atoms with Gasteiger partial charge in [-0.2, -0.15) is 0 Å². The smallest absolute Gasteiger partial charge is 0.216 e. The molecule has 0 bridgehead atoms. The predicted molar refractivity (Wildman–Crippen MR) is 124 cm³/mol. The molecule has 0 saturated heterocycles. The zero-order chi connectivity index (χ0) is 22.4. The van der Waals surface area contributed by atoms with Gasteiger partial charge in [-0.1, -0.05) is 18.2 Å². The Labute approximate surface area is 190 Å². The minimum absolute atomic E-state index is 0.196. The number of nitrogens with zero attached hydrogens (tertiary/aromatic N) is 5. The van der Waals surface area contributed by atoms with Crippen LogP contribution in [0.5, 0.6) is 11.5 Å². The van der Waals surface area contributed by atoms with Gasteiger partial charge < -0.3 is 19.2 Å². The van der Waals surface area contributed by atoms with Crippen molar-refractivity contribution in [2.45, 2.75) is 12.7 Å². The van der Waals surface area contributed by atoms with E-state index < -0.39 is 0 Å². The second kappa shape index (κ2) is 7.86. The van der Waals surface area contributed by atoms with E-state index in [-0.39, 0.29) is 6.17 Å². The second-order valence-electron chi connectivity index (χ2n) is 8.03. The van der Waals surface area contributed by atoms with Gasteiger partial charge in [-0.25, -0.2) is 9.98 Å². The summed E-state index contributed by atoms with van der Waals surface area (Å²) in [6.45, 7) is 1.90. The molecule has 2 aliphatic heterocycles. The van der Waals surface area contributed by atoms with Crippen molar-refractivity contribution in [2.24, 2.45) is 4.99 Å². The standard InChI is InChI=1S/C24H24N6O3/c1-31-20-10-9-16(12-21(20)32-2)22-27-23-25-14-28(13-17-6-5-11-33-17)15-29(23)24-26-18-7-3-4-8-19(18)30(22)24/h3-12,22H,13-15H2,1-2H3,(H,25,27)/t22-/m0/s1. The van der Waals surface area contributed by atoms with Gasteiger partial charge in [-0.15, -0.1) is 0 Å². The van der Waals surface area contributed by atoms with Crippen LogP contribution < -0.4 is 19.7 Å². The maximum atomic E-state index is 5.56. The number of aromatic nitrogens is 2. The number of benzene rings is 2. The number of hydrogen-bond acceptors (Lipinski definition) is 8. The number of fused-ring (bicyclic) bond motifs is 5. The molecule has 2 aromatic heterocycles. The molecule has 9 nitrogen and oxygen atoms in total. The van der Waals surface area contributed by atoms with Gasteiger partial charge in [0.2, 0.25) is 11.9 Å². The number of aliphatic imine (C=N–C) groups is 1. The molecule has 6 rings (SSSR count). The molecule has 0 amide bonds. The van der Waals surface area contributed by atoms with Gasteiger partial charge in [0.05, 0.1) is 51.4 Å². The van der Waals surface area contributed by atoms with Crippen LogP contribution in [0.15, 0.2) is 70.3 Å². The van der Waals surface area contributed by atoms with Crippen molar-refractivity contribution in [1.82, 2.24) is 19.8 Å². The number of anilines is 1. The normalized spacial score (nSPS) is 17.8. The molecule has 0 saturated carbocycles.